The highest BCUT2D eigenvalue weighted by molar-refractivity contribution is 5.92. The summed E-state index contributed by atoms with van der Waals surface area (Å²) in [5, 5.41) is 8.02. The monoisotopic (exact) mass is 170 g/mol. The van der Waals surface area contributed by atoms with Crippen molar-refractivity contribution in [1.29, 1.82) is 0 Å². The van der Waals surface area contributed by atoms with Crippen LogP contribution in [0.3, 0.4) is 0 Å². The van der Waals surface area contributed by atoms with Crippen LogP contribution in [0.2, 0.25) is 0 Å². The van der Waals surface area contributed by atoms with E-state index < -0.39 is 23.8 Å². The first kappa shape index (κ1) is 9.93. The number of carbonyl (C=O) groups excluding carboxylic acids is 1. The van der Waals surface area contributed by atoms with Gasteiger partial charge in [-0.3, -0.25) is 4.79 Å². The summed E-state index contributed by atoms with van der Waals surface area (Å²) < 4.78 is 35.2. The summed E-state index contributed by atoms with van der Waals surface area (Å²) in [6, 6.07) is 0. The molecule has 0 fully saturated rings. The Morgan fingerprint density at radius 1 is 1.45 bits per heavy atom. The molecule has 0 saturated heterocycles. The summed E-state index contributed by atoms with van der Waals surface area (Å²) >= 11 is 0. The van der Waals surface area contributed by atoms with E-state index in [4.69, 9.17) is 5.11 Å². The largest absolute Gasteiger partial charge is 0.480 e. The molecule has 0 aliphatic rings. The van der Waals surface area contributed by atoms with Crippen molar-refractivity contribution >= 4 is 12.3 Å². The summed E-state index contributed by atoms with van der Waals surface area (Å²) in [7, 11) is 0. The molecule has 0 aromatic rings. The molecule has 0 amide bonds. The van der Waals surface area contributed by atoms with Gasteiger partial charge >= 0.3 is 12.1 Å². The minimum absolute atomic E-state index is 0.308. The predicted octanol–water partition coefficient (Wildman–Crippen LogP) is 0.838. The Morgan fingerprint density at radius 2 is 1.82 bits per heavy atom. The molecule has 0 spiro atoms. The zero-order valence-corrected chi connectivity index (χ0v) is 5.47. The molecule has 0 aromatic carbocycles. The van der Waals surface area contributed by atoms with Gasteiger partial charge in [0.25, 0.3) is 0 Å². The van der Waals surface area contributed by atoms with Gasteiger partial charge in [-0.15, -0.1) is 0 Å². The Balaban J connectivity index is 4.91. The molecule has 0 aliphatic heterocycles. The summed E-state index contributed by atoms with van der Waals surface area (Å²) in [6.07, 6.45) is -5.67. The molecule has 11 heavy (non-hydrogen) atoms. The van der Waals surface area contributed by atoms with Crippen molar-refractivity contribution in [3.8, 4) is 0 Å². The minimum Gasteiger partial charge on any atom is -0.480 e. The van der Waals surface area contributed by atoms with E-state index in [0.717, 1.165) is 0 Å². The molecule has 1 unspecified atom stereocenters. The van der Waals surface area contributed by atoms with Gasteiger partial charge in [0.2, 0.25) is 5.41 Å². The lowest BCUT2D eigenvalue weighted by molar-refractivity contribution is -0.217. The van der Waals surface area contributed by atoms with Crippen LogP contribution in [0, 0.1) is 5.41 Å². The molecule has 0 bridgehead atoms. The van der Waals surface area contributed by atoms with Gasteiger partial charge in [-0.25, -0.2) is 0 Å². The molecule has 3 nitrogen and oxygen atoms in total. The molecule has 0 rings (SSSR count). The SMILES string of the molecule is CC(C=O)(C(=O)O)C(F)(F)F. The number of carboxylic acids is 1. The van der Waals surface area contributed by atoms with E-state index in [-0.39, 0.29) is 0 Å². The van der Waals surface area contributed by atoms with E-state index in [1.165, 1.54) is 0 Å². The third kappa shape index (κ3) is 1.50. The topological polar surface area (TPSA) is 54.4 Å². The molecule has 0 heterocycles. The van der Waals surface area contributed by atoms with E-state index in [2.05, 4.69) is 0 Å². The summed E-state index contributed by atoms with van der Waals surface area (Å²) in [5.41, 5.74) is -3.28. The third-order valence-electron chi connectivity index (χ3n) is 1.27. The molecule has 0 aromatic heterocycles. The maximum Gasteiger partial charge on any atom is 0.411 e. The summed E-state index contributed by atoms with van der Waals surface area (Å²) in [6.45, 7) is 0.308. The van der Waals surface area contributed by atoms with E-state index in [1.54, 1.807) is 0 Å². The quantitative estimate of drug-likeness (QED) is 0.493. The van der Waals surface area contributed by atoms with Crippen LogP contribution in [-0.2, 0) is 9.59 Å². The van der Waals surface area contributed by atoms with Crippen molar-refractivity contribution in [2.45, 2.75) is 13.1 Å². The molecular weight excluding hydrogens is 165 g/mol. The first-order valence-electron chi connectivity index (χ1n) is 2.52. The lowest BCUT2D eigenvalue weighted by Gasteiger charge is -2.20. The van der Waals surface area contributed by atoms with Gasteiger partial charge in [0.05, 0.1) is 0 Å². The number of aliphatic carboxylic acids is 1. The Kier molecular flexibility index (Phi) is 2.27. The number of alkyl halides is 3. The number of carboxylic acid groups (broad SMARTS) is 1. The fourth-order valence-electron chi connectivity index (χ4n) is 0.238. The van der Waals surface area contributed by atoms with Crippen LogP contribution in [0.15, 0.2) is 0 Å². The smallest absolute Gasteiger partial charge is 0.411 e. The molecule has 6 heteroatoms. The lowest BCUT2D eigenvalue weighted by atomic mass is 9.92. The van der Waals surface area contributed by atoms with Gasteiger partial charge in [0, 0.05) is 0 Å². The van der Waals surface area contributed by atoms with Crippen molar-refractivity contribution in [3.63, 3.8) is 0 Å². The summed E-state index contributed by atoms with van der Waals surface area (Å²) in [5.74, 6) is -2.19. The molecular formula is C5H5F3O3. The van der Waals surface area contributed by atoms with E-state index in [0.29, 0.717) is 6.92 Å². The van der Waals surface area contributed by atoms with Crippen LogP contribution in [0.4, 0.5) is 13.2 Å². The Bertz CT molecular complexity index is 186. The Labute approximate surface area is 59.8 Å². The van der Waals surface area contributed by atoms with Gasteiger partial charge in [-0.05, 0) is 6.92 Å². The fourth-order valence-corrected chi connectivity index (χ4v) is 0.238. The van der Waals surface area contributed by atoms with Gasteiger partial charge in [0.15, 0.2) is 0 Å². The molecule has 0 aliphatic carbocycles. The maximum absolute atomic E-state index is 11.7. The number of halogens is 3. The number of hydrogen-bond donors (Lipinski definition) is 1. The molecule has 1 atom stereocenters. The van der Waals surface area contributed by atoms with Crippen LogP contribution in [0.1, 0.15) is 6.92 Å². The first-order chi connectivity index (χ1) is 4.75. The Morgan fingerprint density at radius 3 is 1.82 bits per heavy atom. The predicted molar refractivity (Wildman–Crippen MR) is 27.9 cm³/mol. The highest BCUT2D eigenvalue weighted by atomic mass is 19.4. The van der Waals surface area contributed by atoms with Crippen molar-refractivity contribution in [2.24, 2.45) is 5.41 Å². The van der Waals surface area contributed by atoms with Crippen LogP contribution >= 0.6 is 0 Å². The van der Waals surface area contributed by atoms with Crippen molar-refractivity contribution in [2.75, 3.05) is 0 Å². The van der Waals surface area contributed by atoms with Crippen LogP contribution in [0.25, 0.3) is 0 Å². The maximum atomic E-state index is 11.7. The Hall–Kier alpha value is -1.07. The summed E-state index contributed by atoms with van der Waals surface area (Å²) in [4.78, 5) is 19.8. The second-order valence-corrected chi connectivity index (χ2v) is 2.12. The number of rotatable bonds is 2. The number of carbonyl (C=O) groups is 2. The van der Waals surface area contributed by atoms with E-state index >= 15 is 0 Å². The first-order valence-corrected chi connectivity index (χ1v) is 2.52. The van der Waals surface area contributed by atoms with Crippen LogP contribution in [0.5, 0.6) is 0 Å². The highest BCUT2D eigenvalue weighted by Gasteiger charge is 2.57. The fraction of sp³-hybridized carbons (Fsp3) is 0.600. The standard InChI is InChI=1S/C5H5F3O3/c1-4(2-9,3(10)11)5(6,7)8/h2H,1H3,(H,10,11). The van der Waals surface area contributed by atoms with E-state index in [9.17, 15) is 22.8 Å². The molecule has 64 valence electrons. The average Bonchev–Trinajstić information content (AvgIpc) is 1.83. The molecule has 1 N–H and O–H groups in total. The second kappa shape index (κ2) is 2.52. The van der Waals surface area contributed by atoms with Crippen molar-refractivity contribution in [3.05, 3.63) is 0 Å². The van der Waals surface area contributed by atoms with Crippen LogP contribution < -0.4 is 0 Å². The third-order valence-corrected chi connectivity index (χ3v) is 1.27. The van der Waals surface area contributed by atoms with Gasteiger partial charge < -0.3 is 9.90 Å². The minimum atomic E-state index is -5.04. The molecule has 0 radical (unpaired) electrons. The second-order valence-electron chi connectivity index (χ2n) is 2.12. The van der Waals surface area contributed by atoms with E-state index in [1.807, 2.05) is 0 Å². The normalized spacial score (nSPS) is 17.1. The van der Waals surface area contributed by atoms with Crippen molar-refractivity contribution < 1.29 is 27.9 Å². The van der Waals surface area contributed by atoms with Crippen molar-refractivity contribution in [1.82, 2.24) is 0 Å². The average molecular weight is 170 g/mol. The van der Waals surface area contributed by atoms with Crippen LogP contribution in [-0.4, -0.2) is 23.5 Å². The zero-order valence-electron chi connectivity index (χ0n) is 5.47. The number of aldehydes is 1. The number of hydrogen-bond acceptors (Lipinski definition) is 2. The molecule has 0 saturated carbocycles. The van der Waals surface area contributed by atoms with Gasteiger partial charge in [-0.1, -0.05) is 0 Å². The highest BCUT2D eigenvalue weighted by Crippen LogP contribution is 2.36. The van der Waals surface area contributed by atoms with Gasteiger partial charge in [-0.2, -0.15) is 13.2 Å². The lowest BCUT2D eigenvalue weighted by Crippen LogP contribution is -2.43. The van der Waals surface area contributed by atoms with Gasteiger partial charge in [0.1, 0.15) is 6.29 Å². The zero-order chi connectivity index (χ0) is 9.28.